The highest BCUT2D eigenvalue weighted by Gasteiger charge is 2.34. The minimum absolute atomic E-state index is 0.0843. The molecule has 6 nitrogen and oxygen atoms in total. The van der Waals surface area contributed by atoms with Gasteiger partial charge in [-0.3, -0.25) is 9.59 Å². The molecule has 2 aromatic carbocycles. The molecule has 0 saturated heterocycles. The third-order valence-electron chi connectivity index (χ3n) is 4.53. The molecule has 0 N–H and O–H groups in total. The van der Waals surface area contributed by atoms with Crippen molar-refractivity contribution in [3.8, 4) is 0 Å². The van der Waals surface area contributed by atoms with Gasteiger partial charge in [0.25, 0.3) is 11.5 Å². The number of nitrogens with zero attached hydrogens (tertiary/aromatic N) is 4. The van der Waals surface area contributed by atoms with E-state index in [2.05, 4.69) is 10.1 Å². The summed E-state index contributed by atoms with van der Waals surface area (Å²) in [6, 6.07) is 13.5. The molecule has 0 bridgehead atoms. The molecule has 0 spiro atoms. The number of rotatable bonds is 2. The van der Waals surface area contributed by atoms with E-state index in [1.54, 1.807) is 36.4 Å². The fourth-order valence-electron chi connectivity index (χ4n) is 3.28. The van der Waals surface area contributed by atoms with Crippen LogP contribution in [0, 0.1) is 5.82 Å². The lowest BCUT2D eigenvalue weighted by Gasteiger charge is -2.17. The number of anilines is 1. The third kappa shape index (κ3) is 2.30. The molecule has 8 heteroatoms. The van der Waals surface area contributed by atoms with Gasteiger partial charge in [0.1, 0.15) is 16.7 Å². The van der Waals surface area contributed by atoms with E-state index < -0.39 is 0 Å². The van der Waals surface area contributed by atoms with Crippen LogP contribution in [0.4, 0.5) is 10.1 Å². The number of hydrogen-bond donors (Lipinski definition) is 0. The summed E-state index contributed by atoms with van der Waals surface area (Å²) >= 11 is 1.12. The normalized spacial score (nSPS) is 15.6. The van der Waals surface area contributed by atoms with E-state index in [4.69, 9.17) is 0 Å². The summed E-state index contributed by atoms with van der Waals surface area (Å²) in [7, 11) is 0. The van der Waals surface area contributed by atoms with Gasteiger partial charge < -0.3 is 4.90 Å². The van der Waals surface area contributed by atoms with E-state index in [1.807, 2.05) is 6.07 Å². The number of hydrogen-bond acceptors (Lipinski definition) is 5. The van der Waals surface area contributed by atoms with Gasteiger partial charge in [0.15, 0.2) is 0 Å². The molecule has 4 aromatic rings. The van der Waals surface area contributed by atoms with E-state index in [0.29, 0.717) is 31.9 Å². The lowest BCUT2D eigenvalue weighted by molar-refractivity contribution is -0.113. The average Bonchev–Trinajstić information content (AvgIpc) is 3.32. The molecule has 0 atom stereocenters. The topological polar surface area (TPSA) is 67.6 Å². The number of thiazole rings is 1. The number of carbonyl (C=O) groups excluding carboxylic acids is 1. The number of benzene rings is 2. The molecular formula is C19H11FN4O2S. The van der Waals surface area contributed by atoms with Crippen LogP contribution in [-0.2, 0) is 11.3 Å². The van der Waals surface area contributed by atoms with Crippen LogP contribution in [0.1, 0.15) is 11.1 Å². The van der Waals surface area contributed by atoms with Crippen LogP contribution >= 0.6 is 11.3 Å². The lowest BCUT2D eigenvalue weighted by atomic mass is 10.1. The Morgan fingerprint density at radius 3 is 2.63 bits per heavy atom. The molecule has 27 heavy (non-hydrogen) atoms. The van der Waals surface area contributed by atoms with Gasteiger partial charge in [-0.25, -0.2) is 9.37 Å². The largest absolute Gasteiger partial charge is 0.303 e. The van der Waals surface area contributed by atoms with Gasteiger partial charge in [-0.15, -0.1) is 0 Å². The van der Waals surface area contributed by atoms with Gasteiger partial charge in [0, 0.05) is 11.1 Å². The zero-order chi connectivity index (χ0) is 18.5. The Hall–Kier alpha value is -3.39. The van der Waals surface area contributed by atoms with Crippen molar-refractivity contribution in [3.63, 3.8) is 0 Å². The summed E-state index contributed by atoms with van der Waals surface area (Å²) in [5.74, 6) is -0.708. The highest BCUT2D eigenvalue weighted by atomic mass is 32.1. The maximum absolute atomic E-state index is 14.1. The minimum Gasteiger partial charge on any atom is -0.303 e. The molecule has 5 rings (SSSR count). The third-order valence-corrected chi connectivity index (χ3v) is 5.58. The van der Waals surface area contributed by atoms with Gasteiger partial charge in [-0.05, 0) is 12.1 Å². The zero-order valence-corrected chi connectivity index (χ0v) is 14.6. The number of fused-ring (bicyclic) bond motifs is 2. The molecule has 0 unspecified atom stereocenters. The molecule has 1 aliphatic heterocycles. The van der Waals surface area contributed by atoms with Crippen LogP contribution in [0.2, 0.25) is 0 Å². The van der Waals surface area contributed by atoms with Crippen molar-refractivity contribution < 1.29 is 9.18 Å². The van der Waals surface area contributed by atoms with Gasteiger partial charge in [0.2, 0.25) is 4.96 Å². The van der Waals surface area contributed by atoms with Gasteiger partial charge in [-0.2, -0.15) is 9.61 Å². The van der Waals surface area contributed by atoms with Crippen LogP contribution in [0.15, 0.2) is 59.7 Å². The number of halogens is 1. The second kappa shape index (κ2) is 5.82. The first-order valence-corrected chi connectivity index (χ1v) is 8.98. The monoisotopic (exact) mass is 378 g/mol. The number of aromatic nitrogens is 3. The fraction of sp³-hybridized carbons (Fsp3) is 0.0526. The quantitative estimate of drug-likeness (QED) is 0.533. The summed E-state index contributed by atoms with van der Waals surface area (Å²) in [5, 5.41) is 3.91. The first-order valence-electron chi connectivity index (χ1n) is 8.16. The van der Waals surface area contributed by atoms with Crippen LogP contribution < -0.4 is 15.0 Å². The molecule has 0 saturated carbocycles. The highest BCUT2D eigenvalue weighted by molar-refractivity contribution is 7.15. The van der Waals surface area contributed by atoms with Crippen molar-refractivity contribution in [1.82, 2.24) is 14.6 Å². The molecule has 1 amide bonds. The molecule has 0 fully saturated rings. The summed E-state index contributed by atoms with van der Waals surface area (Å²) in [6.07, 6.45) is 1.30. The van der Waals surface area contributed by atoms with Crippen LogP contribution in [0.3, 0.4) is 0 Å². The van der Waals surface area contributed by atoms with Crippen molar-refractivity contribution in [2.24, 2.45) is 0 Å². The predicted molar refractivity (Wildman–Crippen MR) is 98.9 cm³/mol. The smallest absolute Gasteiger partial charge is 0.291 e. The number of para-hydroxylation sites is 1. The maximum atomic E-state index is 14.1. The Morgan fingerprint density at radius 2 is 1.81 bits per heavy atom. The minimum atomic E-state index is -0.376. The molecular weight excluding hydrogens is 367 g/mol. The SMILES string of the molecule is O=C1C(=c2sc3ncnn3c2=O)c2ccccc2N1Cc1ccccc1F. The standard InChI is InChI=1S/C19H11FN4O2S/c20-13-7-3-1-5-11(13)9-23-14-8-4-2-6-12(14)15(17(23)25)16-18(26)24-19(27-16)21-10-22-24/h1-8,10H,9H2. The summed E-state index contributed by atoms with van der Waals surface area (Å²) < 4.78 is 15.6. The van der Waals surface area contributed by atoms with Crippen LogP contribution in [-0.4, -0.2) is 20.5 Å². The Labute approximate surface area is 155 Å². The van der Waals surface area contributed by atoms with Crippen LogP contribution in [0.5, 0.6) is 0 Å². The van der Waals surface area contributed by atoms with Crippen molar-refractivity contribution in [2.75, 3.05) is 4.90 Å². The van der Waals surface area contributed by atoms with Gasteiger partial charge in [0.05, 0.1) is 17.8 Å². The van der Waals surface area contributed by atoms with E-state index in [9.17, 15) is 14.0 Å². The Bertz CT molecular complexity index is 1330. The second-order valence-corrected chi connectivity index (χ2v) is 7.04. The summed E-state index contributed by atoms with van der Waals surface area (Å²) in [4.78, 5) is 31.8. The van der Waals surface area contributed by atoms with E-state index in [-0.39, 0.29) is 23.8 Å². The molecule has 0 aliphatic carbocycles. The lowest BCUT2D eigenvalue weighted by Crippen LogP contribution is -2.32. The predicted octanol–water partition coefficient (Wildman–Crippen LogP) is 1.75. The van der Waals surface area contributed by atoms with Gasteiger partial charge >= 0.3 is 0 Å². The number of carbonyl (C=O) groups is 1. The van der Waals surface area contributed by atoms with Crippen molar-refractivity contribution >= 4 is 33.5 Å². The van der Waals surface area contributed by atoms with Crippen molar-refractivity contribution in [3.05, 3.63) is 86.7 Å². The molecule has 1 aliphatic rings. The van der Waals surface area contributed by atoms with E-state index in [0.717, 1.165) is 11.3 Å². The Kier molecular flexibility index (Phi) is 3.41. The molecule has 2 aromatic heterocycles. The van der Waals surface area contributed by atoms with Crippen molar-refractivity contribution in [2.45, 2.75) is 6.54 Å². The summed E-state index contributed by atoms with van der Waals surface area (Å²) in [5.41, 5.74) is 1.65. The second-order valence-electron chi connectivity index (χ2n) is 6.07. The Morgan fingerprint density at radius 1 is 1.04 bits per heavy atom. The zero-order valence-electron chi connectivity index (χ0n) is 13.8. The van der Waals surface area contributed by atoms with E-state index in [1.165, 1.54) is 21.8 Å². The van der Waals surface area contributed by atoms with Crippen LogP contribution in [0.25, 0.3) is 10.5 Å². The van der Waals surface area contributed by atoms with E-state index >= 15 is 0 Å². The average molecular weight is 378 g/mol. The van der Waals surface area contributed by atoms with Gasteiger partial charge in [-0.1, -0.05) is 47.7 Å². The fourth-order valence-corrected chi connectivity index (χ4v) is 4.25. The maximum Gasteiger partial charge on any atom is 0.291 e. The Balaban J connectivity index is 1.74. The van der Waals surface area contributed by atoms with Crippen molar-refractivity contribution in [1.29, 1.82) is 0 Å². The summed E-state index contributed by atoms with van der Waals surface area (Å²) in [6.45, 7) is 0.0843. The molecule has 3 heterocycles. The first-order chi connectivity index (χ1) is 13.1. The first kappa shape index (κ1) is 15.8. The number of amides is 1. The highest BCUT2D eigenvalue weighted by Crippen LogP contribution is 2.36. The molecule has 0 radical (unpaired) electrons. The molecule has 132 valence electrons.